The second-order valence-electron chi connectivity index (χ2n) is 5.20. The van der Waals surface area contributed by atoms with Gasteiger partial charge in [-0.25, -0.2) is 19.9 Å². The molecule has 0 aromatic carbocycles. The minimum Gasteiger partial charge on any atom is -0.481 e. The molecule has 3 heterocycles. The van der Waals surface area contributed by atoms with Gasteiger partial charge in [0.2, 0.25) is 11.8 Å². The monoisotopic (exact) mass is 369 g/mol. The normalized spacial score (nSPS) is 10.4. The minimum atomic E-state index is 0.440. The summed E-state index contributed by atoms with van der Waals surface area (Å²) in [4.78, 5) is 21.3. The Bertz CT molecular complexity index is 845. The predicted octanol–water partition coefficient (Wildman–Crippen LogP) is 2.86. The van der Waals surface area contributed by atoms with E-state index in [1.807, 2.05) is 18.2 Å². The van der Waals surface area contributed by atoms with Gasteiger partial charge in [0.25, 0.3) is 0 Å². The Labute approximate surface area is 155 Å². The number of methoxy groups -OCH3 is 1. The van der Waals surface area contributed by atoms with Crippen molar-refractivity contribution in [1.29, 1.82) is 0 Å². The molecule has 0 bridgehead atoms. The number of hydrogen-bond donors (Lipinski definition) is 2. The van der Waals surface area contributed by atoms with Gasteiger partial charge in [-0.15, -0.1) is 0 Å². The van der Waals surface area contributed by atoms with E-state index in [1.54, 1.807) is 37.3 Å². The van der Waals surface area contributed by atoms with Crippen molar-refractivity contribution in [3.05, 3.63) is 43.0 Å². The Hall–Kier alpha value is -2.94. The van der Waals surface area contributed by atoms with Crippen LogP contribution >= 0.6 is 11.8 Å². The summed E-state index contributed by atoms with van der Waals surface area (Å²) >= 11 is 1.78. The lowest BCUT2D eigenvalue weighted by atomic mass is 10.2. The Kier molecular flexibility index (Phi) is 6.15. The average Bonchev–Trinajstić information content (AvgIpc) is 2.69. The van der Waals surface area contributed by atoms with Crippen LogP contribution in [0.1, 0.15) is 0 Å². The fraction of sp³-hybridized carbons (Fsp3) is 0.235. The number of nitrogens with zero attached hydrogens (tertiary/aromatic N) is 5. The number of thioether (sulfide) groups is 1. The number of anilines is 3. The van der Waals surface area contributed by atoms with Gasteiger partial charge in [0.1, 0.15) is 12.1 Å². The molecule has 0 amide bonds. The van der Waals surface area contributed by atoms with Crippen molar-refractivity contribution in [2.45, 2.75) is 0 Å². The van der Waals surface area contributed by atoms with Gasteiger partial charge >= 0.3 is 0 Å². The molecule has 3 aromatic heterocycles. The summed E-state index contributed by atoms with van der Waals surface area (Å²) in [5, 5.41) is 6.39. The van der Waals surface area contributed by atoms with Crippen molar-refractivity contribution in [2.75, 3.05) is 36.3 Å². The predicted molar refractivity (Wildman–Crippen MR) is 104 cm³/mol. The van der Waals surface area contributed by atoms with Gasteiger partial charge in [-0.05, 0) is 24.5 Å². The number of rotatable bonds is 8. The molecular formula is C17H19N7OS. The van der Waals surface area contributed by atoms with Gasteiger partial charge in [-0.3, -0.25) is 0 Å². The Morgan fingerprint density at radius 3 is 2.81 bits per heavy atom. The highest BCUT2D eigenvalue weighted by atomic mass is 32.2. The molecule has 8 nitrogen and oxygen atoms in total. The molecule has 0 unspecified atom stereocenters. The lowest BCUT2D eigenvalue weighted by Crippen LogP contribution is -2.05. The fourth-order valence-corrected chi connectivity index (χ4v) is 2.45. The van der Waals surface area contributed by atoms with Crippen LogP contribution in [0.3, 0.4) is 0 Å². The van der Waals surface area contributed by atoms with Crippen LogP contribution in [0.2, 0.25) is 0 Å². The summed E-state index contributed by atoms with van der Waals surface area (Å²) in [6.07, 6.45) is 6.94. The van der Waals surface area contributed by atoms with Gasteiger partial charge in [-0.2, -0.15) is 16.7 Å². The summed E-state index contributed by atoms with van der Waals surface area (Å²) in [7, 11) is 1.58. The highest BCUT2D eigenvalue weighted by Gasteiger charge is 2.06. The quantitative estimate of drug-likeness (QED) is 0.581. The summed E-state index contributed by atoms with van der Waals surface area (Å²) in [6, 6.07) is 7.40. The van der Waals surface area contributed by atoms with Gasteiger partial charge in [0.15, 0.2) is 5.82 Å². The largest absolute Gasteiger partial charge is 0.481 e. The van der Waals surface area contributed by atoms with E-state index in [0.717, 1.165) is 29.4 Å². The summed E-state index contributed by atoms with van der Waals surface area (Å²) in [5.41, 5.74) is 1.63. The van der Waals surface area contributed by atoms with Gasteiger partial charge < -0.3 is 15.4 Å². The molecule has 26 heavy (non-hydrogen) atoms. The second-order valence-corrected chi connectivity index (χ2v) is 6.18. The maximum absolute atomic E-state index is 5.05. The first-order valence-corrected chi connectivity index (χ1v) is 9.33. The molecule has 9 heteroatoms. The van der Waals surface area contributed by atoms with Crippen LogP contribution in [0.15, 0.2) is 43.0 Å². The van der Waals surface area contributed by atoms with E-state index in [1.165, 1.54) is 6.33 Å². The molecule has 0 aliphatic heterocycles. The number of aromatic nitrogens is 5. The number of pyridine rings is 2. The zero-order chi connectivity index (χ0) is 18.2. The summed E-state index contributed by atoms with van der Waals surface area (Å²) in [5.74, 6) is 3.37. The van der Waals surface area contributed by atoms with Crippen molar-refractivity contribution in [3.63, 3.8) is 0 Å². The van der Waals surface area contributed by atoms with E-state index < -0.39 is 0 Å². The SMILES string of the molecule is COc1ccc(Nc2ncnc(-c3ccnc(NCCSC)c3)n2)cn1. The van der Waals surface area contributed by atoms with Crippen molar-refractivity contribution >= 4 is 29.2 Å². The first kappa shape index (κ1) is 17.9. The molecule has 0 saturated heterocycles. The van der Waals surface area contributed by atoms with Crippen LogP contribution in [0.25, 0.3) is 11.4 Å². The topological polar surface area (TPSA) is 97.7 Å². The fourth-order valence-electron chi connectivity index (χ4n) is 2.15. The van der Waals surface area contributed by atoms with Crippen molar-refractivity contribution in [1.82, 2.24) is 24.9 Å². The van der Waals surface area contributed by atoms with E-state index in [-0.39, 0.29) is 0 Å². The third-order valence-electron chi connectivity index (χ3n) is 3.40. The Balaban J connectivity index is 1.75. The summed E-state index contributed by atoms with van der Waals surface area (Å²) in [6.45, 7) is 0.853. The van der Waals surface area contributed by atoms with E-state index in [0.29, 0.717) is 17.7 Å². The molecule has 0 aliphatic carbocycles. The van der Waals surface area contributed by atoms with E-state index in [4.69, 9.17) is 4.74 Å². The molecule has 0 aliphatic rings. The second kappa shape index (κ2) is 8.95. The molecule has 0 saturated carbocycles. The first-order valence-electron chi connectivity index (χ1n) is 7.94. The van der Waals surface area contributed by atoms with Crippen LogP contribution in [0.5, 0.6) is 5.88 Å². The van der Waals surface area contributed by atoms with Crippen LogP contribution in [0.4, 0.5) is 17.5 Å². The van der Waals surface area contributed by atoms with Crippen LogP contribution in [0, 0.1) is 0 Å². The van der Waals surface area contributed by atoms with Crippen molar-refractivity contribution in [2.24, 2.45) is 0 Å². The lowest BCUT2D eigenvalue weighted by molar-refractivity contribution is 0.398. The lowest BCUT2D eigenvalue weighted by Gasteiger charge is -2.08. The smallest absolute Gasteiger partial charge is 0.230 e. The molecule has 0 spiro atoms. The van der Waals surface area contributed by atoms with E-state index >= 15 is 0 Å². The zero-order valence-corrected chi connectivity index (χ0v) is 15.3. The minimum absolute atomic E-state index is 0.440. The van der Waals surface area contributed by atoms with Crippen LogP contribution in [-0.4, -0.2) is 50.6 Å². The molecule has 134 valence electrons. The third-order valence-corrected chi connectivity index (χ3v) is 4.02. The maximum Gasteiger partial charge on any atom is 0.230 e. The maximum atomic E-state index is 5.05. The van der Waals surface area contributed by atoms with Crippen molar-refractivity contribution < 1.29 is 4.74 Å². The van der Waals surface area contributed by atoms with Gasteiger partial charge in [0.05, 0.1) is 19.0 Å². The third kappa shape index (κ3) is 4.79. The Morgan fingerprint density at radius 2 is 2.04 bits per heavy atom. The van der Waals surface area contributed by atoms with E-state index in [2.05, 4.69) is 41.8 Å². The Morgan fingerprint density at radius 1 is 1.12 bits per heavy atom. The number of hydrogen-bond acceptors (Lipinski definition) is 9. The van der Waals surface area contributed by atoms with Crippen molar-refractivity contribution in [3.8, 4) is 17.3 Å². The molecule has 0 radical (unpaired) electrons. The highest BCUT2D eigenvalue weighted by Crippen LogP contribution is 2.19. The molecular weight excluding hydrogens is 350 g/mol. The molecule has 0 atom stereocenters. The first-order chi connectivity index (χ1) is 12.8. The number of ether oxygens (including phenoxy) is 1. The average molecular weight is 369 g/mol. The molecule has 2 N–H and O–H groups in total. The van der Waals surface area contributed by atoms with Crippen LogP contribution < -0.4 is 15.4 Å². The van der Waals surface area contributed by atoms with Gasteiger partial charge in [-0.1, -0.05) is 0 Å². The molecule has 0 fully saturated rings. The van der Waals surface area contributed by atoms with Gasteiger partial charge in [0, 0.05) is 30.1 Å². The molecule has 3 rings (SSSR count). The zero-order valence-electron chi connectivity index (χ0n) is 14.5. The highest BCUT2D eigenvalue weighted by molar-refractivity contribution is 7.98. The van der Waals surface area contributed by atoms with Crippen LogP contribution in [-0.2, 0) is 0 Å². The standard InChI is InChI=1S/C17H19N7OS/c1-25-15-4-3-13(10-20-15)23-17-22-11-21-16(24-17)12-5-6-18-14(9-12)19-7-8-26-2/h3-6,9-11H,7-8H2,1-2H3,(H,18,19)(H,21,22,23,24). The van der Waals surface area contributed by atoms with E-state index in [9.17, 15) is 0 Å². The number of nitrogens with one attached hydrogen (secondary N) is 2. The molecule has 3 aromatic rings. The summed E-state index contributed by atoms with van der Waals surface area (Å²) < 4.78 is 5.05.